The zero-order chi connectivity index (χ0) is 18.3. The molecular weight excluding hydrogens is 392 g/mol. The second-order valence-corrected chi connectivity index (χ2v) is 16.0. The molecule has 0 N–H and O–H groups in total. The van der Waals surface area contributed by atoms with Gasteiger partial charge in [-0.25, -0.2) is 0 Å². The van der Waals surface area contributed by atoms with E-state index in [4.69, 9.17) is 9.16 Å². The summed E-state index contributed by atoms with van der Waals surface area (Å²) in [7, 11) is -1.61. The first kappa shape index (κ1) is 20.0. The van der Waals surface area contributed by atoms with Gasteiger partial charge in [0.05, 0.1) is 0 Å². The molecule has 2 nitrogen and oxygen atoms in total. The van der Waals surface area contributed by atoms with Gasteiger partial charge in [-0.2, -0.15) is 0 Å². The monoisotopic (exact) mass is 422 g/mol. The zero-order valence-electron chi connectivity index (χ0n) is 16.8. The molecule has 0 aliphatic heterocycles. The van der Waals surface area contributed by atoms with Crippen molar-refractivity contribution in [2.75, 3.05) is 6.61 Å². The van der Waals surface area contributed by atoms with Crippen LogP contribution in [0.4, 0.5) is 0 Å². The van der Waals surface area contributed by atoms with Gasteiger partial charge in [0.15, 0.2) is 0 Å². The average Bonchev–Trinajstić information content (AvgIpc) is 2.88. The Kier molecular flexibility index (Phi) is 5.92. The summed E-state index contributed by atoms with van der Waals surface area (Å²) in [6, 6.07) is 0. The normalized spacial score (nSPS) is 20.8. The van der Waals surface area contributed by atoms with Crippen molar-refractivity contribution in [1.29, 1.82) is 0 Å². The first-order valence-electron chi connectivity index (χ1n) is 8.91. The summed E-state index contributed by atoms with van der Waals surface area (Å²) in [6.07, 6.45) is 3.27. The first-order valence-corrected chi connectivity index (χ1v) is 14.8. The Bertz CT molecular complexity index is 658. The molecule has 0 saturated carbocycles. The van der Waals surface area contributed by atoms with Crippen molar-refractivity contribution >= 4 is 8.32 Å². The Labute approximate surface area is 160 Å². The molecular formula is C20H32O2SiZr. The quantitative estimate of drug-likeness (QED) is 0.480. The summed E-state index contributed by atoms with van der Waals surface area (Å²) in [5.41, 5.74) is 4.79. The summed E-state index contributed by atoms with van der Waals surface area (Å²) in [4.78, 5) is 0. The van der Waals surface area contributed by atoms with E-state index in [2.05, 4.69) is 67.3 Å². The van der Waals surface area contributed by atoms with Crippen LogP contribution in [-0.2, 0) is 32.4 Å². The summed E-state index contributed by atoms with van der Waals surface area (Å²) < 4.78 is 15.6. The van der Waals surface area contributed by atoms with Gasteiger partial charge in [-0.05, 0) is 0 Å². The maximum absolute atomic E-state index is 6.30. The van der Waals surface area contributed by atoms with E-state index in [0.29, 0.717) is 6.61 Å². The van der Waals surface area contributed by atoms with E-state index >= 15 is 0 Å². The van der Waals surface area contributed by atoms with Crippen LogP contribution in [0.5, 0.6) is 0 Å². The Morgan fingerprint density at radius 3 is 2.21 bits per heavy atom. The molecule has 24 heavy (non-hydrogen) atoms. The average molecular weight is 424 g/mol. The number of allylic oxidation sites excluding steroid dienone is 6. The molecule has 4 heteroatoms. The molecule has 0 fully saturated rings. The fourth-order valence-electron chi connectivity index (χ4n) is 3.35. The number of hydrogen-bond acceptors (Lipinski definition) is 2. The zero-order valence-corrected chi connectivity index (χ0v) is 20.3. The molecule has 0 unspecified atom stereocenters. The number of ether oxygens (including phenoxy) is 1. The predicted molar refractivity (Wildman–Crippen MR) is 101 cm³/mol. The Balaban J connectivity index is 2.32. The van der Waals surface area contributed by atoms with Gasteiger partial charge in [0.2, 0.25) is 0 Å². The molecule has 2 aliphatic carbocycles. The van der Waals surface area contributed by atoms with Crippen molar-refractivity contribution < 1.29 is 32.4 Å². The van der Waals surface area contributed by atoms with Crippen LogP contribution in [0.1, 0.15) is 48.0 Å². The summed E-state index contributed by atoms with van der Waals surface area (Å²) in [6.45, 7) is 21.2. The van der Waals surface area contributed by atoms with Crippen molar-refractivity contribution in [2.45, 2.75) is 67.6 Å². The van der Waals surface area contributed by atoms with Gasteiger partial charge in [0, 0.05) is 0 Å². The van der Waals surface area contributed by atoms with E-state index in [1.54, 1.807) is 12.1 Å². The van der Waals surface area contributed by atoms with Crippen LogP contribution < -0.4 is 0 Å². The third-order valence-corrected chi connectivity index (χ3v) is 10.7. The van der Waals surface area contributed by atoms with Gasteiger partial charge in [0.25, 0.3) is 0 Å². The maximum atomic E-state index is 6.30. The molecule has 0 spiro atoms. The van der Waals surface area contributed by atoms with Gasteiger partial charge in [-0.1, -0.05) is 0 Å². The SMILES string of the molecule is CCOC1=[C]([Zr][C]2=C(C)C(C)=C(C)C2(C)C)CC=C1O[Si](C)(C)C. The van der Waals surface area contributed by atoms with Crippen molar-refractivity contribution in [2.24, 2.45) is 5.41 Å². The van der Waals surface area contributed by atoms with Crippen LogP contribution in [0.15, 0.2) is 40.9 Å². The van der Waals surface area contributed by atoms with Gasteiger partial charge >= 0.3 is 161 Å². The first-order chi connectivity index (χ1) is 11.0. The predicted octanol–water partition coefficient (Wildman–Crippen LogP) is 6.11. The third kappa shape index (κ3) is 3.90. The molecule has 0 amide bonds. The van der Waals surface area contributed by atoms with E-state index in [9.17, 15) is 0 Å². The Hall–Kier alpha value is -0.340. The van der Waals surface area contributed by atoms with E-state index in [1.165, 1.54) is 11.1 Å². The molecule has 0 bridgehead atoms. The second-order valence-electron chi connectivity index (χ2n) is 8.23. The fraction of sp³-hybridized carbons (Fsp3) is 0.600. The Morgan fingerprint density at radius 1 is 1.12 bits per heavy atom. The van der Waals surface area contributed by atoms with Crippen molar-refractivity contribution in [3.8, 4) is 0 Å². The van der Waals surface area contributed by atoms with Crippen LogP contribution in [0, 0.1) is 5.41 Å². The molecule has 2 aliphatic rings. The number of hydrogen-bond donors (Lipinski definition) is 0. The van der Waals surface area contributed by atoms with E-state index in [1.807, 2.05) is 0 Å². The molecule has 0 radical (unpaired) electrons. The summed E-state index contributed by atoms with van der Waals surface area (Å²) in [5, 5.41) is 0. The second kappa shape index (κ2) is 7.11. The molecule has 0 heterocycles. The summed E-state index contributed by atoms with van der Waals surface area (Å²) >= 11 is -0.866. The van der Waals surface area contributed by atoms with Gasteiger partial charge in [-0.3, -0.25) is 0 Å². The summed E-state index contributed by atoms with van der Waals surface area (Å²) in [5.74, 6) is 2.09. The molecule has 2 rings (SSSR count). The molecule has 0 aromatic heterocycles. The van der Waals surface area contributed by atoms with E-state index < -0.39 is 31.6 Å². The molecule has 0 aromatic carbocycles. The van der Waals surface area contributed by atoms with E-state index in [-0.39, 0.29) is 5.41 Å². The molecule has 132 valence electrons. The minimum absolute atomic E-state index is 0.215. The molecule has 0 aromatic rings. The number of rotatable bonds is 6. The van der Waals surface area contributed by atoms with E-state index in [0.717, 1.165) is 17.9 Å². The molecule has 0 atom stereocenters. The van der Waals surface area contributed by atoms with Crippen LogP contribution in [0.2, 0.25) is 19.6 Å². The third-order valence-electron chi connectivity index (χ3n) is 5.03. The van der Waals surface area contributed by atoms with Crippen molar-refractivity contribution in [1.82, 2.24) is 0 Å². The van der Waals surface area contributed by atoms with Crippen LogP contribution in [0.3, 0.4) is 0 Å². The standard InChI is InChI=1S/C10H17O2Si.C10H15.Zr/c1-5-11-9-7-6-8-10(9)12-13(2,3)4;1-7-6-10(4,5)9(3)8(7)2;/h8H,5-6H2,1-4H3;1-5H3;. The van der Waals surface area contributed by atoms with Crippen molar-refractivity contribution in [3.05, 3.63) is 40.9 Å². The minimum atomic E-state index is -1.61. The van der Waals surface area contributed by atoms with Gasteiger partial charge in [0.1, 0.15) is 0 Å². The van der Waals surface area contributed by atoms with Crippen molar-refractivity contribution in [3.63, 3.8) is 0 Å². The van der Waals surface area contributed by atoms with Gasteiger partial charge < -0.3 is 0 Å². The van der Waals surface area contributed by atoms with Gasteiger partial charge in [-0.15, -0.1) is 0 Å². The van der Waals surface area contributed by atoms with Crippen LogP contribution >= 0.6 is 0 Å². The fourth-order valence-corrected chi connectivity index (χ4v) is 8.34. The topological polar surface area (TPSA) is 18.5 Å². The molecule has 0 saturated heterocycles. The van der Waals surface area contributed by atoms with Crippen LogP contribution in [-0.4, -0.2) is 14.9 Å². The Morgan fingerprint density at radius 2 is 1.75 bits per heavy atom. The van der Waals surface area contributed by atoms with Crippen LogP contribution in [0.25, 0.3) is 0 Å².